The molecule has 20 heavy (non-hydrogen) atoms. The number of fused-ring (bicyclic) bond motifs is 1. The van der Waals surface area contributed by atoms with E-state index in [-0.39, 0.29) is 10.8 Å². The Morgan fingerprint density at radius 1 is 1.25 bits per heavy atom. The first-order valence-electron chi connectivity index (χ1n) is 6.66. The van der Waals surface area contributed by atoms with Crippen LogP contribution in [0.25, 0.3) is 0 Å². The summed E-state index contributed by atoms with van der Waals surface area (Å²) in [6, 6.07) is 8.36. The number of hydrogen-bond acceptors (Lipinski definition) is 5. The van der Waals surface area contributed by atoms with E-state index in [1.165, 1.54) is 5.56 Å². The van der Waals surface area contributed by atoms with Crippen molar-refractivity contribution in [3.8, 4) is 0 Å². The van der Waals surface area contributed by atoms with Crippen molar-refractivity contribution in [1.82, 2.24) is 15.0 Å². The van der Waals surface area contributed by atoms with Crippen LogP contribution in [-0.4, -0.2) is 21.5 Å². The molecule has 0 saturated carbocycles. The van der Waals surface area contributed by atoms with E-state index in [1.54, 1.807) is 0 Å². The van der Waals surface area contributed by atoms with E-state index in [2.05, 4.69) is 54.0 Å². The predicted molar refractivity (Wildman–Crippen MR) is 83.4 cm³/mol. The van der Waals surface area contributed by atoms with Gasteiger partial charge in [0, 0.05) is 12.2 Å². The SMILES string of the molecule is CC(Br)c1nc(N)nc(N2CCCc3ccccc32)n1. The zero-order valence-electron chi connectivity index (χ0n) is 11.3. The quantitative estimate of drug-likeness (QED) is 0.855. The molecule has 0 amide bonds. The molecule has 1 unspecified atom stereocenters. The fourth-order valence-corrected chi connectivity index (χ4v) is 2.64. The molecule has 1 aromatic carbocycles. The number of alkyl halides is 1. The number of rotatable bonds is 2. The summed E-state index contributed by atoms with van der Waals surface area (Å²) < 4.78 is 0. The van der Waals surface area contributed by atoms with Crippen LogP contribution in [0, 0.1) is 0 Å². The summed E-state index contributed by atoms with van der Waals surface area (Å²) in [7, 11) is 0. The minimum Gasteiger partial charge on any atom is -0.368 e. The Morgan fingerprint density at radius 3 is 2.85 bits per heavy atom. The molecule has 0 aliphatic carbocycles. The molecule has 5 nitrogen and oxygen atoms in total. The molecule has 0 bridgehead atoms. The molecule has 104 valence electrons. The molecule has 0 spiro atoms. The summed E-state index contributed by atoms with van der Waals surface area (Å²) in [5, 5.41) is 0. The van der Waals surface area contributed by atoms with Gasteiger partial charge < -0.3 is 10.6 Å². The molecular formula is C14H16BrN5. The standard InChI is InChI=1S/C14H16BrN5/c1-9(15)12-17-13(16)19-14(18-12)20-8-4-6-10-5-2-3-7-11(10)20/h2-3,5,7,9H,4,6,8H2,1H3,(H2,16,17,18,19). The minimum absolute atomic E-state index is 0.0478. The summed E-state index contributed by atoms with van der Waals surface area (Å²) >= 11 is 3.48. The third-order valence-electron chi connectivity index (χ3n) is 3.37. The molecule has 1 atom stereocenters. The maximum absolute atomic E-state index is 5.81. The molecular weight excluding hydrogens is 318 g/mol. The zero-order chi connectivity index (χ0) is 14.1. The van der Waals surface area contributed by atoms with Gasteiger partial charge in [0.05, 0.1) is 4.83 Å². The number of hydrogen-bond donors (Lipinski definition) is 1. The first-order valence-corrected chi connectivity index (χ1v) is 7.57. The second-order valence-corrected chi connectivity index (χ2v) is 6.23. The van der Waals surface area contributed by atoms with Crippen LogP contribution in [0.3, 0.4) is 0 Å². The number of para-hydroxylation sites is 1. The number of nitrogen functional groups attached to an aromatic ring is 1. The molecule has 1 aliphatic heterocycles. The first kappa shape index (κ1) is 13.3. The Labute approximate surface area is 126 Å². The molecule has 2 aromatic rings. The predicted octanol–water partition coefficient (Wildman–Crippen LogP) is 2.99. The Morgan fingerprint density at radius 2 is 2.05 bits per heavy atom. The van der Waals surface area contributed by atoms with E-state index in [9.17, 15) is 0 Å². The van der Waals surface area contributed by atoms with E-state index in [0.717, 1.165) is 25.1 Å². The lowest BCUT2D eigenvalue weighted by Gasteiger charge is -2.29. The molecule has 1 aliphatic rings. The number of benzene rings is 1. The number of nitrogens with zero attached hydrogens (tertiary/aromatic N) is 4. The van der Waals surface area contributed by atoms with Crippen LogP contribution in [0.15, 0.2) is 24.3 Å². The van der Waals surface area contributed by atoms with Crippen molar-refractivity contribution in [2.24, 2.45) is 0 Å². The molecule has 6 heteroatoms. The van der Waals surface area contributed by atoms with Gasteiger partial charge in [0.2, 0.25) is 11.9 Å². The molecule has 2 N–H and O–H groups in total. The lowest BCUT2D eigenvalue weighted by molar-refractivity contribution is 0.741. The molecule has 3 rings (SSSR count). The van der Waals surface area contributed by atoms with Gasteiger partial charge in [-0.3, -0.25) is 0 Å². The highest BCUT2D eigenvalue weighted by atomic mass is 79.9. The van der Waals surface area contributed by atoms with Crippen LogP contribution >= 0.6 is 15.9 Å². The highest BCUT2D eigenvalue weighted by Crippen LogP contribution is 2.32. The van der Waals surface area contributed by atoms with Gasteiger partial charge in [0.1, 0.15) is 5.82 Å². The van der Waals surface area contributed by atoms with Crippen molar-refractivity contribution in [2.75, 3.05) is 17.2 Å². The normalized spacial score (nSPS) is 15.8. The van der Waals surface area contributed by atoms with Crippen molar-refractivity contribution in [3.05, 3.63) is 35.7 Å². The Balaban J connectivity index is 2.06. The van der Waals surface area contributed by atoms with Gasteiger partial charge in [-0.15, -0.1) is 0 Å². The van der Waals surface area contributed by atoms with Gasteiger partial charge >= 0.3 is 0 Å². The van der Waals surface area contributed by atoms with Gasteiger partial charge in [-0.1, -0.05) is 34.1 Å². The minimum atomic E-state index is 0.0478. The average Bonchev–Trinajstić information content (AvgIpc) is 2.46. The van der Waals surface area contributed by atoms with Crippen molar-refractivity contribution < 1.29 is 0 Å². The second-order valence-electron chi connectivity index (χ2n) is 4.85. The van der Waals surface area contributed by atoms with E-state index in [1.807, 2.05) is 13.0 Å². The number of halogens is 1. The molecule has 0 fully saturated rings. The molecule has 1 aromatic heterocycles. The summed E-state index contributed by atoms with van der Waals surface area (Å²) in [5.41, 5.74) is 8.30. The largest absolute Gasteiger partial charge is 0.368 e. The van der Waals surface area contributed by atoms with E-state index in [4.69, 9.17) is 5.73 Å². The van der Waals surface area contributed by atoms with Crippen LogP contribution in [0.5, 0.6) is 0 Å². The maximum atomic E-state index is 5.81. The third-order valence-corrected chi connectivity index (χ3v) is 3.78. The Bertz CT molecular complexity index is 629. The van der Waals surface area contributed by atoms with Gasteiger partial charge in [-0.2, -0.15) is 15.0 Å². The average molecular weight is 334 g/mol. The first-order chi connectivity index (χ1) is 9.65. The van der Waals surface area contributed by atoms with E-state index < -0.39 is 0 Å². The monoisotopic (exact) mass is 333 g/mol. The van der Waals surface area contributed by atoms with Gasteiger partial charge in [-0.25, -0.2) is 0 Å². The van der Waals surface area contributed by atoms with Crippen molar-refractivity contribution in [3.63, 3.8) is 0 Å². The number of aromatic nitrogens is 3. The van der Waals surface area contributed by atoms with Crippen LogP contribution in [-0.2, 0) is 6.42 Å². The van der Waals surface area contributed by atoms with Crippen molar-refractivity contribution >= 4 is 33.5 Å². The second kappa shape index (κ2) is 5.36. The number of nitrogens with two attached hydrogens (primary N) is 1. The summed E-state index contributed by atoms with van der Waals surface area (Å²) in [6.45, 7) is 2.87. The van der Waals surface area contributed by atoms with Crippen LogP contribution in [0.1, 0.15) is 29.6 Å². The van der Waals surface area contributed by atoms with Crippen molar-refractivity contribution in [1.29, 1.82) is 0 Å². The fourth-order valence-electron chi connectivity index (χ4n) is 2.44. The maximum Gasteiger partial charge on any atom is 0.235 e. The summed E-state index contributed by atoms with van der Waals surface area (Å²) in [5.74, 6) is 1.56. The summed E-state index contributed by atoms with van der Waals surface area (Å²) in [4.78, 5) is 15.2. The lowest BCUT2D eigenvalue weighted by atomic mass is 10.0. The number of aryl methyl sites for hydroxylation is 1. The van der Waals surface area contributed by atoms with Crippen LogP contribution in [0.2, 0.25) is 0 Å². The topological polar surface area (TPSA) is 67.9 Å². The number of anilines is 3. The van der Waals surface area contributed by atoms with Gasteiger partial charge in [-0.05, 0) is 31.4 Å². The lowest BCUT2D eigenvalue weighted by Crippen LogP contribution is -2.27. The van der Waals surface area contributed by atoms with Crippen molar-refractivity contribution in [2.45, 2.75) is 24.6 Å². The highest BCUT2D eigenvalue weighted by molar-refractivity contribution is 9.09. The third kappa shape index (κ3) is 2.47. The highest BCUT2D eigenvalue weighted by Gasteiger charge is 2.21. The van der Waals surface area contributed by atoms with Crippen LogP contribution in [0.4, 0.5) is 17.6 Å². The van der Waals surface area contributed by atoms with E-state index in [0.29, 0.717) is 11.8 Å². The Hall–Kier alpha value is -1.69. The molecule has 0 radical (unpaired) electrons. The van der Waals surface area contributed by atoms with Crippen LogP contribution < -0.4 is 10.6 Å². The Kier molecular flexibility index (Phi) is 3.56. The molecule has 2 heterocycles. The summed E-state index contributed by atoms with van der Waals surface area (Å²) in [6.07, 6.45) is 2.18. The zero-order valence-corrected chi connectivity index (χ0v) is 12.8. The fraction of sp³-hybridized carbons (Fsp3) is 0.357. The van der Waals surface area contributed by atoms with E-state index >= 15 is 0 Å². The van der Waals surface area contributed by atoms with Gasteiger partial charge in [0.15, 0.2) is 0 Å². The smallest absolute Gasteiger partial charge is 0.235 e. The van der Waals surface area contributed by atoms with Gasteiger partial charge in [0.25, 0.3) is 0 Å². The molecule has 0 saturated heterocycles.